The number of fused-ring (bicyclic) bond motifs is 1. The van der Waals surface area contributed by atoms with Crippen LogP contribution < -0.4 is 10.2 Å². The SMILES string of the molecule is O=C(CNCc1ccccc1Cl)N1CCCc2ccccc21. The summed E-state index contributed by atoms with van der Waals surface area (Å²) in [6.45, 7) is 1.71. The number of nitrogens with one attached hydrogen (secondary N) is 1. The molecule has 0 radical (unpaired) electrons. The molecule has 1 amide bonds. The van der Waals surface area contributed by atoms with Crippen LogP contribution in [0.4, 0.5) is 5.69 Å². The number of aryl methyl sites for hydroxylation is 1. The van der Waals surface area contributed by atoms with Gasteiger partial charge in [0.25, 0.3) is 0 Å². The van der Waals surface area contributed by atoms with Crippen LogP contribution in [0.25, 0.3) is 0 Å². The second kappa shape index (κ2) is 6.95. The monoisotopic (exact) mass is 314 g/mol. The first-order valence-electron chi connectivity index (χ1n) is 7.58. The molecule has 0 saturated carbocycles. The summed E-state index contributed by atoms with van der Waals surface area (Å²) in [6.07, 6.45) is 2.07. The van der Waals surface area contributed by atoms with Crippen molar-refractivity contribution in [3.8, 4) is 0 Å². The number of benzene rings is 2. The molecule has 4 heteroatoms. The van der Waals surface area contributed by atoms with Gasteiger partial charge >= 0.3 is 0 Å². The van der Waals surface area contributed by atoms with E-state index in [4.69, 9.17) is 11.6 Å². The molecule has 0 unspecified atom stereocenters. The second-order valence-corrected chi connectivity index (χ2v) is 5.88. The number of nitrogens with zero attached hydrogens (tertiary/aromatic N) is 1. The summed E-state index contributed by atoms with van der Waals surface area (Å²) in [5.74, 6) is 0.110. The van der Waals surface area contributed by atoms with Gasteiger partial charge < -0.3 is 10.2 Å². The van der Waals surface area contributed by atoms with E-state index in [1.165, 1.54) is 5.56 Å². The van der Waals surface area contributed by atoms with Gasteiger partial charge in [0.1, 0.15) is 0 Å². The van der Waals surface area contributed by atoms with Gasteiger partial charge in [-0.3, -0.25) is 4.79 Å². The van der Waals surface area contributed by atoms with Gasteiger partial charge in [-0.25, -0.2) is 0 Å². The van der Waals surface area contributed by atoms with Gasteiger partial charge in [-0.15, -0.1) is 0 Å². The maximum atomic E-state index is 12.5. The quantitative estimate of drug-likeness (QED) is 0.938. The average molecular weight is 315 g/mol. The summed E-state index contributed by atoms with van der Waals surface area (Å²) < 4.78 is 0. The number of rotatable bonds is 4. The molecule has 22 heavy (non-hydrogen) atoms. The van der Waals surface area contributed by atoms with E-state index in [1.54, 1.807) is 0 Å². The smallest absolute Gasteiger partial charge is 0.240 e. The molecule has 1 aliphatic heterocycles. The Morgan fingerprint density at radius 1 is 1.14 bits per heavy atom. The zero-order valence-electron chi connectivity index (χ0n) is 12.4. The number of hydrogen-bond acceptors (Lipinski definition) is 2. The largest absolute Gasteiger partial charge is 0.311 e. The Labute approximate surface area is 135 Å². The minimum Gasteiger partial charge on any atom is -0.311 e. The molecule has 0 saturated heterocycles. The van der Waals surface area contributed by atoms with Crippen molar-refractivity contribution < 1.29 is 4.79 Å². The fourth-order valence-corrected chi connectivity index (χ4v) is 3.04. The van der Waals surface area contributed by atoms with E-state index in [9.17, 15) is 4.79 Å². The summed E-state index contributed by atoms with van der Waals surface area (Å²) >= 11 is 6.12. The normalized spacial score (nSPS) is 13.8. The molecule has 3 nitrogen and oxygen atoms in total. The van der Waals surface area contributed by atoms with Gasteiger partial charge in [-0.05, 0) is 36.1 Å². The number of para-hydroxylation sites is 1. The topological polar surface area (TPSA) is 32.3 Å². The highest BCUT2D eigenvalue weighted by molar-refractivity contribution is 6.31. The minimum absolute atomic E-state index is 0.110. The molecule has 0 spiro atoms. The molecule has 0 atom stereocenters. The van der Waals surface area contributed by atoms with Crippen LogP contribution in [0.1, 0.15) is 17.5 Å². The molecule has 1 N–H and O–H groups in total. The third-order valence-electron chi connectivity index (χ3n) is 3.96. The number of carbonyl (C=O) groups excluding carboxylic acids is 1. The Morgan fingerprint density at radius 2 is 1.91 bits per heavy atom. The van der Waals surface area contributed by atoms with Crippen molar-refractivity contribution in [1.29, 1.82) is 0 Å². The van der Waals surface area contributed by atoms with Crippen LogP contribution >= 0.6 is 11.6 Å². The highest BCUT2D eigenvalue weighted by atomic mass is 35.5. The number of anilines is 1. The molecular weight excluding hydrogens is 296 g/mol. The van der Waals surface area contributed by atoms with E-state index in [0.717, 1.165) is 35.7 Å². The molecule has 0 aliphatic carbocycles. The third kappa shape index (κ3) is 3.32. The van der Waals surface area contributed by atoms with Gasteiger partial charge in [0.05, 0.1) is 6.54 Å². The van der Waals surface area contributed by atoms with Gasteiger partial charge in [-0.2, -0.15) is 0 Å². The second-order valence-electron chi connectivity index (χ2n) is 5.47. The van der Waals surface area contributed by atoms with E-state index < -0.39 is 0 Å². The number of carbonyl (C=O) groups is 1. The molecule has 3 rings (SSSR count). The first-order valence-corrected chi connectivity index (χ1v) is 7.96. The third-order valence-corrected chi connectivity index (χ3v) is 4.33. The van der Waals surface area contributed by atoms with Crippen LogP contribution in [0.5, 0.6) is 0 Å². The van der Waals surface area contributed by atoms with E-state index in [1.807, 2.05) is 47.4 Å². The molecule has 0 bridgehead atoms. The highest BCUT2D eigenvalue weighted by Gasteiger charge is 2.21. The lowest BCUT2D eigenvalue weighted by Gasteiger charge is -2.29. The minimum atomic E-state index is 0.110. The Balaban J connectivity index is 1.60. The van der Waals surface area contributed by atoms with Crippen LogP contribution in [-0.2, 0) is 17.8 Å². The Hall–Kier alpha value is -1.84. The molecule has 114 valence electrons. The maximum Gasteiger partial charge on any atom is 0.240 e. The fourth-order valence-electron chi connectivity index (χ4n) is 2.83. The molecule has 1 aliphatic rings. The fraction of sp³-hybridized carbons (Fsp3) is 0.278. The number of hydrogen-bond donors (Lipinski definition) is 1. The lowest BCUT2D eigenvalue weighted by Crippen LogP contribution is -2.41. The van der Waals surface area contributed by atoms with Crippen molar-refractivity contribution in [2.45, 2.75) is 19.4 Å². The number of amides is 1. The van der Waals surface area contributed by atoms with Crippen LogP contribution in [-0.4, -0.2) is 19.0 Å². The summed E-state index contributed by atoms with van der Waals surface area (Å²) in [7, 11) is 0. The zero-order chi connectivity index (χ0) is 15.4. The van der Waals surface area contributed by atoms with Crippen molar-refractivity contribution in [2.24, 2.45) is 0 Å². The van der Waals surface area contributed by atoms with E-state index in [-0.39, 0.29) is 5.91 Å². The van der Waals surface area contributed by atoms with E-state index in [2.05, 4.69) is 11.4 Å². The summed E-state index contributed by atoms with van der Waals surface area (Å²) in [6, 6.07) is 15.8. The lowest BCUT2D eigenvalue weighted by molar-refractivity contribution is -0.117. The highest BCUT2D eigenvalue weighted by Crippen LogP contribution is 2.26. The average Bonchev–Trinajstić information content (AvgIpc) is 2.56. The molecule has 2 aromatic carbocycles. The van der Waals surface area contributed by atoms with Crippen molar-refractivity contribution in [3.05, 3.63) is 64.7 Å². The predicted octanol–water partition coefficient (Wildman–Crippen LogP) is 3.41. The Kier molecular flexibility index (Phi) is 4.76. The van der Waals surface area contributed by atoms with Crippen molar-refractivity contribution in [3.63, 3.8) is 0 Å². The number of halogens is 1. The van der Waals surface area contributed by atoms with Crippen molar-refractivity contribution >= 4 is 23.2 Å². The molecule has 1 heterocycles. The first kappa shape index (κ1) is 15.1. The summed E-state index contributed by atoms with van der Waals surface area (Å²) in [5, 5.41) is 3.92. The Bertz CT molecular complexity index is 672. The molecule has 0 aromatic heterocycles. The van der Waals surface area contributed by atoms with Crippen molar-refractivity contribution in [2.75, 3.05) is 18.0 Å². The van der Waals surface area contributed by atoms with E-state index >= 15 is 0 Å². The summed E-state index contributed by atoms with van der Waals surface area (Å²) in [5.41, 5.74) is 3.32. The van der Waals surface area contributed by atoms with Gasteiger partial charge in [0.2, 0.25) is 5.91 Å². The van der Waals surface area contributed by atoms with Crippen LogP contribution in [0.15, 0.2) is 48.5 Å². The lowest BCUT2D eigenvalue weighted by atomic mass is 10.0. The Morgan fingerprint density at radius 3 is 2.77 bits per heavy atom. The van der Waals surface area contributed by atoms with Crippen LogP contribution in [0, 0.1) is 0 Å². The maximum absolute atomic E-state index is 12.5. The standard InChI is InChI=1S/C18H19ClN2O/c19-16-9-3-1-7-15(16)12-20-13-18(22)21-11-5-8-14-6-2-4-10-17(14)21/h1-4,6-7,9-10,20H,5,8,11-13H2. The predicted molar refractivity (Wildman–Crippen MR) is 90.3 cm³/mol. The van der Waals surface area contributed by atoms with E-state index in [0.29, 0.717) is 13.1 Å². The molecular formula is C18H19ClN2O. The van der Waals surface area contributed by atoms with Crippen LogP contribution in [0.3, 0.4) is 0 Å². The molecule has 2 aromatic rings. The van der Waals surface area contributed by atoms with Crippen molar-refractivity contribution in [1.82, 2.24) is 5.32 Å². The van der Waals surface area contributed by atoms with Gasteiger partial charge in [-0.1, -0.05) is 48.0 Å². The summed E-state index contributed by atoms with van der Waals surface area (Å²) in [4.78, 5) is 14.4. The zero-order valence-corrected chi connectivity index (χ0v) is 13.1. The van der Waals surface area contributed by atoms with Crippen LogP contribution in [0.2, 0.25) is 5.02 Å². The first-order chi connectivity index (χ1) is 10.8. The van der Waals surface area contributed by atoms with Gasteiger partial charge in [0, 0.05) is 23.8 Å². The van der Waals surface area contributed by atoms with Gasteiger partial charge in [0.15, 0.2) is 0 Å². The molecule has 0 fully saturated rings.